The zero-order valence-corrected chi connectivity index (χ0v) is 13.8. The summed E-state index contributed by atoms with van der Waals surface area (Å²) < 4.78 is 0. The van der Waals surface area contributed by atoms with E-state index < -0.39 is 11.5 Å². The second-order valence-corrected chi connectivity index (χ2v) is 7.28. The first kappa shape index (κ1) is 16.2. The Morgan fingerprint density at radius 1 is 1.30 bits per heavy atom. The van der Waals surface area contributed by atoms with Crippen LogP contribution in [0.1, 0.15) is 52.4 Å². The van der Waals surface area contributed by atoms with E-state index in [-0.39, 0.29) is 35.4 Å². The summed E-state index contributed by atoms with van der Waals surface area (Å²) in [6.07, 6.45) is 6.23. The van der Waals surface area contributed by atoms with Crippen molar-refractivity contribution in [3.8, 4) is 0 Å². The Labute approximate surface area is 136 Å². The molecule has 0 aliphatic heterocycles. The molecule has 5 atom stereocenters. The second kappa shape index (κ2) is 5.77. The van der Waals surface area contributed by atoms with Gasteiger partial charge in [0.25, 0.3) is 0 Å². The van der Waals surface area contributed by atoms with Crippen LogP contribution in [0.5, 0.6) is 0 Å². The molecule has 5 heteroatoms. The van der Waals surface area contributed by atoms with Crippen LogP contribution in [0.2, 0.25) is 0 Å². The molecule has 2 N–H and O–H groups in total. The summed E-state index contributed by atoms with van der Waals surface area (Å²) in [7, 11) is 0. The molecule has 0 saturated heterocycles. The quantitative estimate of drug-likeness (QED) is 0.814. The van der Waals surface area contributed by atoms with Gasteiger partial charge in [-0.1, -0.05) is 26.3 Å². The van der Waals surface area contributed by atoms with E-state index in [1.54, 1.807) is 0 Å². The molecule has 0 aromatic heterocycles. The number of amides is 1. The Morgan fingerprint density at radius 3 is 2.61 bits per heavy atom. The van der Waals surface area contributed by atoms with Gasteiger partial charge >= 0.3 is 5.97 Å². The molecular weight excluding hydrogens is 294 g/mol. The van der Waals surface area contributed by atoms with E-state index in [9.17, 15) is 19.5 Å². The third kappa shape index (κ3) is 2.60. The molecule has 3 rings (SSSR count). The van der Waals surface area contributed by atoms with Gasteiger partial charge in [0.05, 0.1) is 0 Å². The first-order valence-electron chi connectivity index (χ1n) is 8.73. The second-order valence-electron chi connectivity index (χ2n) is 7.28. The van der Waals surface area contributed by atoms with E-state index >= 15 is 0 Å². The lowest BCUT2D eigenvalue weighted by Crippen LogP contribution is -2.47. The van der Waals surface area contributed by atoms with E-state index in [4.69, 9.17) is 0 Å². The predicted molar refractivity (Wildman–Crippen MR) is 84.6 cm³/mol. The van der Waals surface area contributed by atoms with Gasteiger partial charge in [-0.25, -0.2) is 4.79 Å². The fourth-order valence-electron chi connectivity index (χ4n) is 4.44. The minimum atomic E-state index is -1.09. The number of rotatable bonds is 5. The Balaban J connectivity index is 1.82. The zero-order chi connectivity index (χ0) is 16.8. The van der Waals surface area contributed by atoms with E-state index in [1.807, 2.05) is 13.0 Å². The van der Waals surface area contributed by atoms with Crippen molar-refractivity contribution < 1.29 is 19.5 Å². The molecular formula is C18H25NO4. The molecule has 23 heavy (non-hydrogen) atoms. The summed E-state index contributed by atoms with van der Waals surface area (Å²) in [5.41, 5.74) is -0.439. The lowest BCUT2D eigenvalue weighted by molar-refractivity contribution is -0.143. The van der Waals surface area contributed by atoms with Crippen molar-refractivity contribution >= 4 is 17.7 Å². The van der Waals surface area contributed by atoms with Crippen LogP contribution < -0.4 is 5.32 Å². The van der Waals surface area contributed by atoms with Gasteiger partial charge in [-0.2, -0.15) is 0 Å². The molecule has 0 bridgehead atoms. The number of carbonyl (C=O) groups is 3. The molecule has 1 amide bonds. The largest absolute Gasteiger partial charge is 0.479 e. The smallest absolute Gasteiger partial charge is 0.329 e. The normalized spacial score (nSPS) is 38.7. The van der Waals surface area contributed by atoms with Crippen LogP contribution in [-0.4, -0.2) is 28.3 Å². The van der Waals surface area contributed by atoms with Gasteiger partial charge in [0.2, 0.25) is 5.91 Å². The summed E-state index contributed by atoms with van der Waals surface area (Å²) in [5, 5.41) is 12.3. The number of carbonyl (C=O) groups excluding carboxylic acids is 2. The Kier molecular flexibility index (Phi) is 4.07. The maximum Gasteiger partial charge on any atom is 0.329 e. The van der Waals surface area contributed by atoms with Crippen molar-refractivity contribution in [2.45, 2.75) is 57.9 Å². The average Bonchev–Trinajstić information content (AvgIpc) is 3.14. The highest BCUT2D eigenvalue weighted by molar-refractivity contribution is 6.00. The zero-order valence-electron chi connectivity index (χ0n) is 13.8. The number of fused-ring (bicyclic) bond motifs is 1. The number of carboxylic acid groups (broad SMARTS) is 1. The molecule has 3 aliphatic carbocycles. The van der Waals surface area contributed by atoms with Gasteiger partial charge in [0, 0.05) is 17.9 Å². The molecule has 0 aromatic rings. The monoisotopic (exact) mass is 319 g/mol. The number of ketones is 1. The van der Waals surface area contributed by atoms with Crippen LogP contribution in [0.4, 0.5) is 0 Å². The van der Waals surface area contributed by atoms with Gasteiger partial charge in [-0.15, -0.1) is 0 Å². The number of nitrogens with one attached hydrogen (secondary N) is 1. The average molecular weight is 319 g/mol. The van der Waals surface area contributed by atoms with Gasteiger partial charge < -0.3 is 10.4 Å². The fourth-order valence-corrected chi connectivity index (χ4v) is 4.44. The highest BCUT2D eigenvalue weighted by Crippen LogP contribution is 2.48. The first-order chi connectivity index (χ1) is 10.9. The molecule has 0 aromatic carbocycles. The highest BCUT2D eigenvalue weighted by Gasteiger charge is 2.61. The van der Waals surface area contributed by atoms with Gasteiger partial charge in [0.15, 0.2) is 0 Å². The summed E-state index contributed by atoms with van der Waals surface area (Å²) in [5.74, 6) is -0.774. The van der Waals surface area contributed by atoms with Crippen molar-refractivity contribution in [1.29, 1.82) is 0 Å². The van der Waals surface area contributed by atoms with Gasteiger partial charge in [0.1, 0.15) is 11.3 Å². The predicted octanol–water partition coefficient (Wildman–Crippen LogP) is 2.31. The van der Waals surface area contributed by atoms with Crippen molar-refractivity contribution in [3.05, 3.63) is 11.6 Å². The van der Waals surface area contributed by atoms with Crippen LogP contribution in [0.15, 0.2) is 11.6 Å². The topological polar surface area (TPSA) is 83.5 Å². The minimum absolute atomic E-state index is 0.0103. The summed E-state index contributed by atoms with van der Waals surface area (Å²) in [6.45, 7) is 4.00. The number of Topliss-reactive ketones (excluding diaryl/α,β-unsaturated/α-hetero) is 1. The van der Waals surface area contributed by atoms with E-state index in [0.717, 1.165) is 25.7 Å². The summed E-state index contributed by atoms with van der Waals surface area (Å²) in [4.78, 5) is 36.4. The molecule has 5 nitrogen and oxygen atoms in total. The first-order valence-corrected chi connectivity index (χ1v) is 8.73. The number of allylic oxidation sites excluding steroid dienone is 1. The van der Waals surface area contributed by atoms with Crippen molar-refractivity contribution in [1.82, 2.24) is 5.32 Å². The van der Waals surface area contributed by atoms with E-state index in [0.29, 0.717) is 18.4 Å². The maximum absolute atomic E-state index is 12.8. The van der Waals surface area contributed by atoms with Crippen LogP contribution in [0, 0.1) is 23.7 Å². The Morgan fingerprint density at radius 2 is 2.04 bits per heavy atom. The number of hydrogen-bond acceptors (Lipinski definition) is 3. The summed E-state index contributed by atoms with van der Waals surface area (Å²) >= 11 is 0. The third-order valence-corrected chi connectivity index (χ3v) is 6.08. The lowest BCUT2D eigenvalue weighted by Gasteiger charge is -2.30. The Bertz CT molecular complexity index is 582. The molecule has 0 heterocycles. The van der Waals surface area contributed by atoms with Crippen LogP contribution >= 0.6 is 0 Å². The van der Waals surface area contributed by atoms with E-state index in [1.165, 1.54) is 0 Å². The minimum Gasteiger partial charge on any atom is -0.479 e. The summed E-state index contributed by atoms with van der Waals surface area (Å²) in [6, 6.07) is 0. The SMILES string of the molecule is CC[C@H]1C=C(C(=O)N[C@@]2(C(=O)O)C[C@@H]2CC)[C@@H]2CCC(=O)[C@@H]2C1. The fraction of sp³-hybridized carbons (Fsp3) is 0.722. The van der Waals surface area contributed by atoms with E-state index in [2.05, 4.69) is 12.2 Å². The highest BCUT2D eigenvalue weighted by atomic mass is 16.4. The Hall–Kier alpha value is -1.65. The molecule has 126 valence electrons. The van der Waals surface area contributed by atoms with Crippen molar-refractivity contribution in [2.24, 2.45) is 23.7 Å². The van der Waals surface area contributed by atoms with Gasteiger partial charge in [-0.3, -0.25) is 9.59 Å². The van der Waals surface area contributed by atoms with Crippen LogP contribution in [0.3, 0.4) is 0 Å². The van der Waals surface area contributed by atoms with Crippen LogP contribution in [-0.2, 0) is 14.4 Å². The lowest BCUT2D eigenvalue weighted by atomic mass is 9.74. The third-order valence-electron chi connectivity index (χ3n) is 6.08. The molecule has 0 spiro atoms. The van der Waals surface area contributed by atoms with Crippen molar-refractivity contribution in [3.63, 3.8) is 0 Å². The maximum atomic E-state index is 12.8. The van der Waals surface area contributed by atoms with Gasteiger partial charge in [-0.05, 0) is 43.4 Å². The molecule has 3 aliphatic rings. The molecule has 0 radical (unpaired) electrons. The number of aliphatic carboxylic acids is 1. The molecule has 2 fully saturated rings. The number of carboxylic acids is 1. The molecule has 0 unspecified atom stereocenters. The van der Waals surface area contributed by atoms with Crippen molar-refractivity contribution in [2.75, 3.05) is 0 Å². The van der Waals surface area contributed by atoms with Crippen LogP contribution in [0.25, 0.3) is 0 Å². The number of hydrogen-bond donors (Lipinski definition) is 2. The molecule has 2 saturated carbocycles. The standard InChI is InChI=1S/C18H25NO4/c1-3-10-7-13-12(5-6-15(13)20)14(8-10)16(21)19-18(17(22)23)9-11(18)4-2/h8,10-13H,3-7,9H2,1-2H3,(H,19,21)(H,22,23)/t10-,11+,12-,13-,18+/m1/s1.